The van der Waals surface area contributed by atoms with E-state index in [-0.39, 0.29) is 37.9 Å². The van der Waals surface area contributed by atoms with E-state index in [0.717, 1.165) is 18.4 Å². The Bertz CT molecular complexity index is 1250. The van der Waals surface area contributed by atoms with E-state index in [2.05, 4.69) is 26.3 Å². The highest BCUT2D eigenvalue weighted by Gasteiger charge is 2.31. The summed E-state index contributed by atoms with van der Waals surface area (Å²) in [6.45, 7) is 9.53. The number of pyridine rings is 1. The molecule has 0 aliphatic carbocycles. The molecule has 0 radical (unpaired) electrons. The summed E-state index contributed by atoms with van der Waals surface area (Å²) >= 11 is 0. The molecule has 1 aromatic carbocycles. The molecule has 2 rings (SSSR count). The molecule has 0 saturated carbocycles. The average molecular weight is 670 g/mol. The molecule has 0 saturated heterocycles. The summed E-state index contributed by atoms with van der Waals surface area (Å²) in [5.74, 6) is -1.39. The minimum Gasteiger partial charge on any atom is -0.445 e. The van der Waals surface area contributed by atoms with Crippen LogP contribution < -0.4 is 21.3 Å². The number of hydrogen-bond donors (Lipinski definition) is 6. The van der Waals surface area contributed by atoms with E-state index < -0.39 is 54.1 Å². The monoisotopic (exact) mass is 669 g/mol. The highest BCUT2D eigenvalue weighted by Crippen LogP contribution is 2.14. The highest BCUT2D eigenvalue weighted by atomic mass is 16.5. The van der Waals surface area contributed by atoms with Crippen molar-refractivity contribution in [1.82, 2.24) is 26.3 Å². The minimum atomic E-state index is -1.20. The van der Waals surface area contributed by atoms with Crippen molar-refractivity contribution in [3.8, 4) is 0 Å². The lowest BCUT2D eigenvalue weighted by Crippen LogP contribution is -2.57. The van der Waals surface area contributed by atoms with E-state index in [1.165, 1.54) is 0 Å². The van der Waals surface area contributed by atoms with Gasteiger partial charge in [-0.15, -0.1) is 0 Å². The third kappa shape index (κ3) is 14.8. The maximum absolute atomic E-state index is 13.7. The quantitative estimate of drug-likeness (QED) is 0.117. The second-order valence-corrected chi connectivity index (χ2v) is 12.7. The second kappa shape index (κ2) is 21.8. The molecule has 0 aliphatic rings. The fraction of sp³-hybridized carbons (Fsp3) is 0.583. The molecule has 0 aliphatic heterocycles. The van der Waals surface area contributed by atoms with Gasteiger partial charge in [0.05, 0.1) is 31.2 Å². The Morgan fingerprint density at radius 2 is 1.54 bits per heavy atom. The van der Waals surface area contributed by atoms with E-state index in [1.807, 2.05) is 65.0 Å². The molecule has 12 heteroatoms. The van der Waals surface area contributed by atoms with Crippen LogP contribution in [-0.2, 0) is 32.1 Å². The van der Waals surface area contributed by atoms with Crippen molar-refractivity contribution >= 4 is 23.8 Å². The number of carbonyl (C=O) groups is 4. The number of rotatable bonds is 21. The molecular formula is C36H55N5O7. The van der Waals surface area contributed by atoms with Gasteiger partial charge >= 0.3 is 6.09 Å². The first-order chi connectivity index (χ1) is 23.0. The molecule has 1 heterocycles. The molecule has 6 N–H and O–H groups in total. The molecule has 48 heavy (non-hydrogen) atoms. The number of amides is 4. The van der Waals surface area contributed by atoms with Crippen LogP contribution in [0.1, 0.15) is 84.4 Å². The first-order valence-electron chi connectivity index (χ1n) is 17.0. The van der Waals surface area contributed by atoms with E-state index >= 15 is 0 Å². The molecule has 4 amide bonds. The van der Waals surface area contributed by atoms with Crippen molar-refractivity contribution < 1.29 is 34.1 Å². The Balaban J connectivity index is 2.17. The predicted molar refractivity (Wildman–Crippen MR) is 183 cm³/mol. The molecule has 0 unspecified atom stereocenters. The Hall–Kier alpha value is -4.03. The Morgan fingerprint density at radius 3 is 2.15 bits per heavy atom. The Kier molecular flexibility index (Phi) is 18.2. The van der Waals surface area contributed by atoms with Crippen LogP contribution in [0.3, 0.4) is 0 Å². The van der Waals surface area contributed by atoms with Crippen molar-refractivity contribution in [3.05, 3.63) is 66.0 Å². The molecule has 0 spiro atoms. The van der Waals surface area contributed by atoms with Crippen LogP contribution in [0.15, 0.2) is 54.7 Å². The van der Waals surface area contributed by atoms with Gasteiger partial charge in [0, 0.05) is 18.3 Å². The summed E-state index contributed by atoms with van der Waals surface area (Å²) in [5, 5.41) is 31.9. The lowest BCUT2D eigenvalue weighted by atomic mass is 9.95. The fourth-order valence-electron chi connectivity index (χ4n) is 5.15. The van der Waals surface area contributed by atoms with Crippen LogP contribution in [0.5, 0.6) is 0 Å². The van der Waals surface area contributed by atoms with Gasteiger partial charge in [-0.2, -0.15) is 0 Å². The normalized spacial score (nSPS) is 14.9. The predicted octanol–water partition coefficient (Wildman–Crippen LogP) is 3.40. The van der Waals surface area contributed by atoms with Crippen LogP contribution in [0.2, 0.25) is 0 Å². The van der Waals surface area contributed by atoms with Gasteiger partial charge in [-0.25, -0.2) is 4.79 Å². The lowest BCUT2D eigenvalue weighted by Gasteiger charge is -2.29. The number of aliphatic hydroxyl groups excluding tert-OH is 2. The molecule has 1 aromatic heterocycles. The zero-order valence-corrected chi connectivity index (χ0v) is 29.0. The molecular weight excluding hydrogens is 614 g/mol. The van der Waals surface area contributed by atoms with Gasteiger partial charge in [0.2, 0.25) is 17.7 Å². The van der Waals surface area contributed by atoms with Crippen LogP contribution in [-0.4, -0.2) is 75.9 Å². The molecule has 6 atom stereocenters. The maximum atomic E-state index is 13.7. The highest BCUT2D eigenvalue weighted by molar-refractivity contribution is 5.91. The van der Waals surface area contributed by atoms with Crippen LogP contribution in [0.25, 0.3) is 0 Å². The molecule has 266 valence electrons. The van der Waals surface area contributed by atoms with Gasteiger partial charge in [0.15, 0.2) is 0 Å². The first-order valence-corrected chi connectivity index (χ1v) is 17.0. The SMILES string of the molecule is CCCC[C@H](NC(=O)[C@H](Cc1ccccn1)NC(=O)OCc1ccccc1)C(=O)N[C@@H](CC(C)C)[C@@H](O)CC(=O)N[C@H](CO)[C@@H](C)CC. The number of alkyl carbamates (subject to hydrolysis) is 1. The number of ether oxygens (including phenoxy) is 1. The van der Waals surface area contributed by atoms with E-state index in [9.17, 15) is 29.4 Å². The molecule has 0 bridgehead atoms. The summed E-state index contributed by atoms with van der Waals surface area (Å²) in [5.41, 5.74) is 1.35. The van der Waals surface area contributed by atoms with Gasteiger partial charge in [-0.05, 0) is 42.4 Å². The minimum absolute atomic E-state index is 0.0159. The van der Waals surface area contributed by atoms with Crippen molar-refractivity contribution in [2.75, 3.05) is 6.61 Å². The second-order valence-electron chi connectivity index (χ2n) is 12.7. The van der Waals surface area contributed by atoms with Gasteiger partial charge in [-0.3, -0.25) is 19.4 Å². The largest absolute Gasteiger partial charge is 0.445 e. The van der Waals surface area contributed by atoms with Crippen molar-refractivity contribution in [2.45, 2.75) is 116 Å². The van der Waals surface area contributed by atoms with Crippen LogP contribution >= 0.6 is 0 Å². The molecule has 2 aromatic rings. The van der Waals surface area contributed by atoms with Crippen molar-refractivity contribution in [3.63, 3.8) is 0 Å². The maximum Gasteiger partial charge on any atom is 0.408 e. The smallest absolute Gasteiger partial charge is 0.408 e. The van der Waals surface area contributed by atoms with E-state index in [1.54, 1.807) is 24.4 Å². The number of carbonyl (C=O) groups excluding carboxylic acids is 4. The first kappa shape index (κ1) is 40.1. The van der Waals surface area contributed by atoms with Crippen molar-refractivity contribution in [2.24, 2.45) is 11.8 Å². The van der Waals surface area contributed by atoms with E-state index in [4.69, 9.17) is 4.74 Å². The van der Waals surface area contributed by atoms with Gasteiger partial charge < -0.3 is 36.2 Å². The summed E-state index contributed by atoms with van der Waals surface area (Å²) in [6, 6.07) is 11.1. The Labute approximate surface area is 284 Å². The fourth-order valence-corrected chi connectivity index (χ4v) is 5.15. The summed E-state index contributed by atoms with van der Waals surface area (Å²) < 4.78 is 5.36. The lowest BCUT2D eigenvalue weighted by molar-refractivity contribution is -0.131. The topological polar surface area (TPSA) is 179 Å². The van der Waals surface area contributed by atoms with Crippen molar-refractivity contribution in [1.29, 1.82) is 0 Å². The number of aromatic nitrogens is 1. The molecule has 12 nitrogen and oxygen atoms in total. The summed E-state index contributed by atoms with van der Waals surface area (Å²) in [7, 11) is 0. The number of benzene rings is 1. The zero-order valence-electron chi connectivity index (χ0n) is 29.0. The third-order valence-electron chi connectivity index (χ3n) is 8.23. The number of unbranched alkanes of at least 4 members (excludes halogenated alkanes) is 1. The summed E-state index contributed by atoms with van der Waals surface area (Å²) in [4.78, 5) is 57.2. The van der Waals surface area contributed by atoms with Crippen LogP contribution in [0, 0.1) is 11.8 Å². The Morgan fingerprint density at radius 1 is 0.854 bits per heavy atom. The number of nitrogens with zero attached hydrogens (tertiary/aromatic N) is 1. The third-order valence-corrected chi connectivity index (χ3v) is 8.23. The number of aliphatic hydroxyl groups is 2. The van der Waals surface area contributed by atoms with Gasteiger partial charge in [0.1, 0.15) is 18.7 Å². The van der Waals surface area contributed by atoms with E-state index in [0.29, 0.717) is 25.0 Å². The standard InChI is InChI=1S/C36H55N5O7/c1-6-8-17-28(34(45)40-29(19-24(3)4)32(43)21-33(44)38-31(22-42)25(5)7-2)39-35(46)30(20-27-16-12-13-18-37-27)41-36(47)48-23-26-14-10-9-11-15-26/h9-16,18,24-25,28-32,42-43H,6-8,17,19-23H2,1-5H3,(H,38,44)(H,39,46)(H,40,45)(H,41,47)/t25-,28-,29-,30-,31+,32-/m0/s1. The number of hydrogen-bond acceptors (Lipinski definition) is 8. The van der Waals surface area contributed by atoms with Gasteiger partial charge in [-0.1, -0.05) is 90.3 Å². The van der Waals surface area contributed by atoms with Gasteiger partial charge in [0.25, 0.3) is 0 Å². The van der Waals surface area contributed by atoms with Crippen LogP contribution in [0.4, 0.5) is 4.79 Å². The molecule has 0 fully saturated rings. The zero-order chi connectivity index (χ0) is 35.5. The number of nitrogens with one attached hydrogen (secondary N) is 4. The average Bonchev–Trinajstić information content (AvgIpc) is 3.07. The summed E-state index contributed by atoms with van der Waals surface area (Å²) in [6.07, 6.45) is 2.26.